The van der Waals surface area contributed by atoms with Crippen LogP contribution in [0.15, 0.2) is 27.3 Å². The van der Waals surface area contributed by atoms with E-state index < -0.39 is 11.2 Å². The fourth-order valence-electron chi connectivity index (χ4n) is 4.00. The lowest BCUT2D eigenvalue weighted by atomic mass is 9.87. The molecule has 1 N–H and O–H groups in total. The Balaban J connectivity index is 1.55. The Bertz CT molecular complexity index is 1040. The van der Waals surface area contributed by atoms with Crippen molar-refractivity contribution < 1.29 is 19.1 Å². The molecule has 0 bridgehead atoms. The summed E-state index contributed by atoms with van der Waals surface area (Å²) in [6, 6.07) is 3.82. The molecule has 29 heavy (non-hydrogen) atoms. The summed E-state index contributed by atoms with van der Waals surface area (Å²) in [7, 11) is 0. The van der Waals surface area contributed by atoms with Crippen LogP contribution in [-0.4, -0.2) is 58.7 Å². The van der Waals surface area contributed by atoms with E-state index in [2.05, 4.69) is 5.32 Å². The summed E-state index contributed by atoms with van der Waals surface area (Å²) >= 11 is 3.80. The average Bonchev–Trinajstić information content (AvgIpc) is 3.42. The van der Waals surface area contributed by atoms with Crippen molar-refractivity contribution >= 4 is 52.2 Å². The minimum atomic E-state index is -0.596. The number of imide groups is 1. The maximum absolute atomic E-state index is 12.8. The van der Waals surface area contributed by atoms with Crippen LogP contribution in [0.3, 0.4) is 0 Å². The summed E-state index contributed by atoms with van der Waals surface area (Å²) in [5.74, 6) is -1.66. The van der Waals surface area contributed by atoms with Gasteiger partial charge in [-0.25, -0.2) is 0 Å². The molecule has 0 radical (unpaired) electrons. The Kier molecular flexibility index (Phi) is 4.85. The van der Waals surface area contributed by atoms with Crippen LogP contribution in [0.1, 0.15) is 15.7 Å². The summed E-state index contributed by atoms with van der Waals surface area (Å²) in [4.78, 5) is 53.6. The molecule has 2 saturated heterocycles. The number of carbonyl (C=O) groups is 3. The number of fused-ring (bicyclic) bond motifs is 2. The first kappa shape index (κ1) is 19.0. The number of aromatic nitrogens is 1. The van der Waals surface area contributed by atoms with Gasteiger partial charge in [0.1, 0.15) is 11.8 Å². The Morgan fingerprint density at radius 1 is 1.21 bits per heavy atom. The molecule has 2 aromatic rings. The lowest BCUT2D eigenvalue weighted by Gasteiger charge is -2.30. The fourth-order valence-corrected chi connectivity index (χ4v) is 7.69. The molecule has 5 rings (SSSR count). The quantitative estimate of drug-likeness (QED) is 0.691. The van der Waals surface area contributed by atoms with E-state index >= 15 is 0 Å². The zero-order valence-corrected chi connectivity index (χ0v) is 17.6. The van der Waals surface area contributed by atoms with Gasteiger partial charge in [0.05, 0.1) is 24.2 Å². The first-order valence-electron chi connectivity index (χ1n) is 9.18. The molecule has 0 aromatic carbocycles. The van der Waals surface area contributed by atoms with Crippen LogP contribution >= 0.6 is 34.4 Å². The number of hydrogen-bond acceptors (Lipinski definition) is 8. The molecule has 152 valence electrons. The number of carbonyl (C=O) groups excluding carboxylic acids is 3. The van der Waals surface area contributed by atoms with Gasteiger partial charge < -0.3 is 9.64 Å². The van der Waals surface area contributed by atoms with E-state index in [1.807, 2.05) is 17.5 Å². The predicted molar refractivity (Wildman–Crippen MR) is 108 cm³/mol. The topological polar surface area (TPSA) is 97.7 Å². The zero-order chi connectivity index (χ0) is 20.1. The van der Waals surface area contributed by atoms with Gasteiger partial charge in [-0.2, -0.15) is 0 Å². The van der Waals surface area contributed by atoms with E-state index in [4.69, 9.17) is 4.74 Å². The number of ether oxygens (including phenoxy) is 1. The minimum absolute atomic E-state index is 0.0677. The second-order valence-corrected chi connectivity index (χ2v) is 10.1. The van der Waals surface area contributed by atoms with Gasteiger partial charge in [-0.3, -0.25) is 29.1 Å². The number of rotatable bonds is 3. The largest absolute Gasteiger partial charge is 0.378 e. The van der Waals surface area contributed by atoms with Crippen molar-refractivity contribution in [2.24, 2.45) is 5.92 Å². The molecule has 3 atom stereocenters. The van der Waals surface area contributed by atoms with Gasteiger partial charge in [-0.15, -0.1) is 11.3 Å². The number of amides is 3. The Morgan fingerprint density at radius 2 is 2.00 bits per heavy atom. The number of thiophene rings is 1. The lowest BCUT2D eigenvalue weighted by Crippen LogP contribution is -2.43. The third kappa shape index (κ3) is 3.16. The molecule has 3 amide bonds. The highest BCUT2D eigenvalue weighted by Crippen LogP contribution is 2.52. The smallest absolute Gasteiger partial charge is 0.308 e. The summed E-state index contributed by atoms with van der Waals surface area (Å²) in [6.45, 7) is 1.92. The van der Waals surface area contributed by atoms with Crippen molar-refractivity contribution in [3.63, 3.8) is 0 Å². The molecule has 0 aliphatic carbocycles. The van der Waals surface area contributed by atoms with E-state index in [0.29, 0.717) is 31.3 Å². The molecule has 3 aliphatic heterocycles. The van der Waals surface area contributed by atoms with Crippen LogP contribution < -0.4 is 10.2 Å². The number of hydrogen-bond donors (Lipinski definition) is 1. The molecule has 0 saturated carbocycles. The molecule has 2 fully saturated rings. The van der Waals surface area contributed by atoms with Crippen LogP contribution in [-0.2, 0) is 25.7 Å². The highest BCUT2D eigenvalue weighted by Gasteiger charge is 2.53. The summed E-state index contributed by atoms with van der Waals surface area (Å²) in [5, 5.41) is 4.39. The normalized spacial score (nSPS) is 26.2. The van der Waals surface area contributed by atoms with E-state index in [9.17, 15) is 19.2 Å². The number of nitrogens with zero attached hydrogens (tertiary/aromatic N) is 2. The maximum atomic E-state index is 12.8. The second-order valence-electron chi connectivity index (χ2n) is 7.03. The maximum Gasteiger partial charge on any atom is 0.308 e. The highest BCUT2D eigenvalue weighted by molar-refractivity contribution is 8.00. The van der Waals surface area contributed by atoms with Crippen molar-refractivity contribution in [1.82, 2.24) is 14.8 Å². The molecule has 11 heteroatoms. The fraction of sp³-hybridized carbons (Fsp3) is 0.444. The first-order chi connectivity index (χ1) is 14.0. The van der Waals surface area contributed by atoms with Crippen molar-refractivity contribution in [2.45, 2.75) is 22.7 Å². The van der Waals surface area contributed by atoms with Crippen LogP contribution in [0, 0.1) is 5.92 Å². The molecule has 2 aromatic heterocycles. The SMILES string of the molecule is O=C1NC(=O)C2C1Sc1c(sc(=O)n1CC(=O)N1CCOCC1)C2c1cccs1. The van der Waals surface area contributed by atoms with Gasteiger partial charge in [0.2, 0.25) is 17.7 Å². The van der Waals surface area contributed by atoms with Crippen LogP contribution in [0.25, 0.3) is 0 Å². The minimum Gasteiger partial charge on any atom is -0.378 e. The van der Waals surface area contributed by atoms with Gasteiger partial charge in [0, 0.05) is 28.8 Å². The molecule has 8 nitrogen and oxygen atoms in total. The van der Waals surface area contributed by atoms with E-state index in [1.54, 1.807) is 4.90 Å². The Labute approximate surface area is 177 Å². The van der Waals surface area contributed by atoms with Gasteiger partial charge in [-0.1, -0.05) is 29.2 Å². The van der Waals surface area contributed by atoms with Crippen LogP contribution in [0.4, 0.5) is 0 Å². The lowest BCUT2D eigenvalue weighted by molar-refractivity contribution is -0.136. The van der Waals surface area contributed by atoms with Crippen molar-refractivity contribution in [1.29, 1.82) is 0 Å². The third-order valence-electron chi connectivity index (χ3n) is 5.39. The zero-order valence-electron chi connectivity index (χ0n) is 15.2. The molecule has 3 aliphatic rings. The Morgan fingerprint density at radius 3 is 2.72 bits per heavy atom. The predicted octanol–water partition coefficient (Wildman–Crippen LogP) is 0.709. The van der Waals surface area contributed by atoms with Gasteiger partial charge in [-0.05, 0) is 11.4 Å². The van der Waals surface area contributed by atoms with Gasteiger partial charge in [0.25, 0.3) is 0 Å². The summed E-state index contributed by atoms with van der Waals surface area (Å²) in [5.41, 5.74) is 0. The molecule has 5 heterocycles. The number of thiazole rings is 1. The number of morpholine rings is 1. The van der Waals surface area contributed by atoms with Gasteiger partial charge >= 0.3 is 4.87 Å². The first-order valence-corrected chi connectivity index (χ1v) is 11.8. The molecule has 3 unspecified atom stereocenters. The molecular formula is C18H17N3O5S3. The number of thioether (sulfide) groups is 1. The molecule has 0 spiro atoms. The highest BCUT2D eigenvalue weighted by atomic mass is 32.2. The summed E-state index contributed by atoms with van der Waals surface area (Å²) < 4.78 is 6.75. The molecular weight excluding hydrogens is 434 g/mol. The Hall–Kier alpha value is -1.95. The van der Waals surface area contributed by atoms with Crippen molar-refractivity contribution in [3.05, 3.63) is 36.9 Å². The van der Waals surface area contributed by atoms with Crippen molar-refractivity contribution in [3.8, 4) is 0 Å². The van der Waals surface area contributed by atoms with Crippen LogP contribution in [0.2, 0.25) is 0 Å². The van der Waals surface area contributed by atoms with E-state index in [0.717, 1.165) is 21.1 Å². The van der Waals surface area contributed by atoms with E-state index in [-0.39, 0.29) is 35.1 Å². The second kappa shape index (κ2) is 7.38. The van der Waals surface area contributed by atoms with Crippen molar-refractivity contribution in [2.75, 3.05) is 26.3 Å². The summed E-state index contributed by atoms with van der Waals surface area (Å²) in [6.07, 6.45) is 0. The van der Waals surface area contributed by atoms with Crippen LogP contribution in [0.5, 0.6) is 0 Å². The average molecular weight is 452 g/mol. The van der Waals surface area contributed by atoms with E-state index in [1.165, 1.54) is 27.7 Å². The van der Waals surface area contributed by atoms with Gasteiger partial charge in [0.15, 0.2) is 0 Å². The number of nitrogens with one attached hydrogen (secondary N) is 1. The third-order valence-corrected chi connectivity index (χ3v) is 8.97. The standard InChI is InChI=1S/C18H17N3O5S3/c22-10(20-3-5-26-6-4-20)8-21-17-14(29-18(21)25)11(9-2-1-7-27-9)12-13(28-17)16(24)19-15(12)23/h1-2,7,11-13H,3-6,8H2,(H,19,23,24). The monoisotopic (exact) mass is 451 g/mol.